The molecule has 2 aromatic carbocycles. The second-order valence-electron chi connectivity index (χ2n) is 8.90. The molecule has 9 heteroatoms. The largest absolute Gasteiger partial charge is 0.459 e. The second kappa shape index (κ2) is 11.0. The molecule has 0 spiro atoms. The Bertz CT molecular complexity index is 1420. The fourth-order valence-electron chi connectivity index (χ4n) is 4.32. The van der Waals surface area contributed by atoms with Crippen LogP contribution in [-0.4, -0.2) is 33.8 Å². The number of furan rings is 1. The van der Waals surface area contributed by atoms with E-state index in [9.17, 15) is 14.4 Å². The standard InChI is InChI=1S/C29H26N4O5/c1-19-7-2-3-8-21(19)18-33-25(28(35)31-17-23-9-4-5-15-30-23)26(38-29(33)36)20-11-13-22(14-12-20)32-27(34)24-10-6-16-37-24/h2-16,25-26H,17-18H2,1H3,(H,31,35)(H,32,34)/t25-,26+/m1/s1. The molecule has 0 saturated carbocycles. The van der Waals surface area contributed by atoms with Crippen molar-refractivity contribution in [2.75, 3.05) is 5.32 Å². The zero-order valence-corrected chi connectivity index (χ0v) is 20.7. The Hall–Kier alpha value is -4.92. The maximum Gasteiger partial charge on any atom is 0.411 e. The topological polar surface area (TPSA) is 114 Å². The number of ether oxygens (including phenoxy) is 1. The van der Waals surface area contributed by atoms with Crippen LogP contribution in [0.2, 0.25) is 0 Å². The first-order valence-electron chi connectivity index (χ1n) is 12.1. The van der Waals surface area contributed by atoms with Crippen LogP contribution in [0.5, 0.6) is 0 Å². The molecule has 2 atom stereocenters. The van der Waals surface area contributed by atoms with Gasteiger partial charge in [0, 0.05) is 11.9 Å². The molecule has 38 heavy (non-hydrogen) atoms. The van der Waals surface area contributed by atoms with Crippen LogP contribution < -0.4 is 10.6 Å². The molecule has 3 heterocycles. The highest BCUT2D eigenvalue weighted by atomic mass is 16.6. The zero-order chi connectivity index (χ0) is 26.5. The molecule has 1 fully saturated rings. The van der Waals surface area contributed by atoms with Crippen LogP contribution in [0.3, 0.4) is 0 Å². The van der Waals surface area contributed by atoms with Crippen molar-refractivity contribution in [1.29, 1.82) is 0 Å². The van der Waals surface area contributed by atoms with Gasteiger partial charge in [-0.15, -0.1) is 0 Å². The van der Waals surface area contributed by atoms with Crippen LogP contribution in [0.25, 0.3) is 0 Å². The monoisotopic (exact) mass is 510 g/mol. The maximum absolute atomic E-state index is 13.5. The van der Waals surface area contributed by atoms with Gasteiger partial charge in [0.05, 0.1) is 25.0 Å². The van der Waals surface area contributed by atoms with Crippen molar-refractivity contribution in [3.8, 4) is 0 Å². The molecule has 5 rings (SSSR count). The van der Waals surface area contributed by atoms with Crippen molar-refractivity contribution in [3.05, 3.63) is 119 Å². The smallest absolute Gasteiger partial charge is 0.411 e. The van der Waals surface area contributed by atoms with Gasteiger partial charge in [0.25, 0.3) is 5.91 Å². The summed E-state index contributed by atoms with van der Waals surface area (Å²) in [6.45, 7) is 2.40. The summed E-state index contributed by atoms with van der Waals surface area (Å²) in [6.07, 6.45) is 1.66. The van der Waals surface area contributed by atoms with Crippen molar-refractivity contribution in [2.24, 2.45) is 0 Å². The van der Waals surface area contributed by atoms with Crippen LogP contribution in [0.1, 0.15) is 39.0 Å². The van der Waals surface area contributed by atoms with E-state index < -0.39 is 18.2 Å². The van der Waals surface area contributed by atoms with E-state index >= 15 is 0 Å². The normalized spacial score (nSPS) is 16.7. The van der Waals surface area contributed by atoms with Crippen LogP contribution in [0.4, 0.5) is 10.5 Å². The summed E-state index contributed by atoms with van der Waals surface area (Å²) in [5, 5.41) is 5.66. The average molecular weight is 511 g/mol. The Morgan fingerprint density at radius 3 is 2.47 bits per heavy atom. The van der Waals surface area contributed by atoms with E-state index in [0.29, 0.717) is 16.9 Å². The van der Waals surface area contributed by atoms with Crippen LogP contribution in [-0.2, 0) is 22.6 Å². The molecule has 1 aliphatic rings. The first-order chi connectivity index (χ1) is 18.5. The highest BCUT2D eigenvalue weighted by Gasteiger charge is 2.47. The molecule has 0 unspecified atom stereocenters. The van der Waals surface area contributed by atoms with E-state index in [1.807, 2.05) is 43.3 Å². The number of aromatic nitrogens is 1. The Balaban J connectivity index is 1.38. The Morgan fingerprint density at radius 1 is 0.974 bits per heavy atom. The van der Waals surface area contributed by atoms with E-state index in [0.717, 1.165) is 11.1 Å². The van der Waals surface area contributed by atoms with Crippen molar-refractivity contribution in [3.63, 3.8) is 0 Å². The van der Waals surface area contributed by atoms with Gasteiger partial charge in [0.2, 0.25) is 5.91 Å². The summed E-state index contributed by atoms with van der Waals surface area (Å²) >= 11 is 0. The quantitative estimate of drug-likeness (QED) is 0.358. The van der Waals surface area contributed by atoms with Crippen LogP contribution >= 0.6 is 0 Å². The van der Waals surface area contributed by atoms with Crippen molar-refractivity contribution < 1.29 is 23.5 Å². The third kappa shape index (κ3) is 5.41. The number of aryl methyl sites for hydroxylation is 1. The fourth-order valence-corrected chi connectivity index (χ4v) is 4.32. The third-order valence-corrected chi connectivity index (χ3v) is 6.37. The lowest BCUT2D eigenvalue weighted by atomic mass is 9.99. The molecule has 1 aliphatic heterocycles. The molecule has 3 amide bonds. The predicted molar refractivity (Wildman–Crippen MR) is 139 cm³/mol. The number of cyclic esters (lactones) is 1. The number of carbonyl (C=O) groups excluding carboxylic acids is 3. The van der Waals surface area contributed by atoms with E-state index in [2.05, 4.69) is 15.6 Å². The molecule has 0 aliphatic carbocycles. The van der Waals surface area contributed by atoms with Gasteiger partial charge in [0.15, 0.2) is 17.9 Å². The van der Waals surface area contributed by atoms with Gasteiger partial charge in [-0.3, -0.25) is 19.5 Å². The number of benzene rings is 2. The molecule has 1 saturated heterocycles. The van der Waals surface area contributed by atoms with Crippen molar-refractivity contribution in [2.45, 2.75) is 32.2 Å². The first kappa shape index (κ1) is 24.8. The lowest BCUT2D eigenvalue weighted by Crippen LogP contribution is -2.46. The summed E-state index contributed by atoms with van der Waals surface area (Å²) in [6, 6.07) is 22.3. The summed E-state index contributed by atoms with van der Waals surface area (Å²) < 4.78 is 10.9. The van der Waals surface area contributed by atoms with Crippen molar-refractivity contribution >= 4 is 23.6 Å². The van der Waals surface area contributed by atoms with Crippen molar-refractivity contribution in [1.82, 2.24) is 15.2 Å². The number of pyridine rings is 1. The molecular weight excluding hydrogens is 484 g/mol. The van der Waals surface area contributed by atoms with E-state index in [1.54, 1.807) is 48.7 Å². The minimum atomic E-state index is -0.908. The summed E-state index contributed by atoms with van der Waals surface area (Å²) in [5.74, 6) is -0.545. The van der Waals surface area contributed by atoms with Gasteiger partial charge in [-0.1, -0.05) is 42.5 Å². The molecule has 0 bridgehead atoms. The number of anilines is 1. The maximum atomic E-state index is 13.5. The van der Waals surface area contributed by atoms with Crippen LogP contribution in [0.15, 0.2) is 95.7 Å². The first-order valence-corrected chi connectivity index (χ1v) is 12.1. The molecular formula is C29H26N4O5. The molecule has 9 nitrogen and oxygen atoms in total. The van der Waals surface area contributed by atoms with E-state index in [1.165, 1.54) is 11.2 Å². The van der Waals surface area contributed by atoms with Gasteiger partial charge in [-0.25, -0.2) is 4.79 Å². The molecule has 0 radical (unpaired) electrons. The van der Waals surface area contributed by atoms with E-state index in [4.69, 9.17) is 9.15 Å². The number of hydrogen-bond donors (Lipinski definition) is 2. The Kier molecular flexibility index (Phi) is 7.17. The zero-order valence-electron chi connectivity index (χ0n) is 20.7. The third-order valence-electron chi connectivity index (χ3n) is 6.37. The Morgan fingerprint density at radius 2 is 1.76 bits per heavy atom. The summed E-state index contributed by atoms with van der Waals surface area (Å²) in [4.78, 5) is 44.5. The van der Waals surface area contributed by atoms with E-state index in [-0.39, 0.29) is 30.7 Å². The highest BCUT2D eigenvalue weighted by Crippen LogP contribution is 2.35. The Labute approximate surface area is 219 Å². The van der Waals surface area contributed by atoms with Gasteiger partial charge in [0.1, 0.15) is 0 Å². The molecule has 192 valence electrons. The number of amides is 3. The molecule has 4 aromatic rings. The number of nitrogens with one attached hydrogen (secondary N) is 2. The lowest BCUT2D eigenvalue weighted by Gasteiger charge is -2.24. The highest BCUT2D eigenvalue weighted by molar-refractivity contribution is 6.02. The fraction of sp³-hybridized carbons (Fsp3) is 0.172. The predicted octanol–water partition coefficient (Wildman–Crippen LogP) is 4.61. The van der Waals surface area contributed by atoms with Gasteiger partial charge < -0.3 is 19.8 Å². The summed E-state index contributed by atoms with van der Waals surface area (Å²) in [7, 11) is 0. The lowest BCUT2D eigenvalue weighted by molar-refractivity contribution is -0.126. The molecule has 2 aromatic heterocycles. The number of carbonyl (C=O) groups is 3. The van der Waals surface area contributed by atoms with Gasteiger partial charge in [-0.2, -0.15) is 0 Å². The SMILES string of the molecule is Cc1ccccc1CN1C(=O)O[C@@H](c2ccc(NC(=O)c3ccco3)cc2)[C@@H]1C(=O)NCc1ccccn1. The number of hydrogen-bond acceptors (Lipinski definition) is 6. The second-order valence-corrected chi connectivity index (χ2v) is 8.90. The minimum absolute atomic E-state index is 0.190. The number of nitrogens with zero attached hydrogens (tertiary/aromatic N) is 2. The average Bonchev–Trinajstić information content (AvgIpc) is 3.59. The van der Waals surface area contributed by atoms with Crippen LogP contribution in [0, 0.1) is 6.92 Å². The molecule has 2 N–H and O–H groups in total. The van der Waals surface area contributed by atoms with Gasteiger partial charge in [-0.05, 0) is 60.0 Å². The number of rotatable bonds is 8. The minimum Gasteiger partial charge on any atom is -0.459 e. The summed E-state index contributed by atoms with van der Waals surface area (Å²) in [5.41, 5.74) is 3.79. The van der Waals surface area contributed by atoms with Gasteiger partial charge >= 0.3 is 6.09 Å².